The summed E-state index contributed by atoms with van der Waals surface area (Å²) in [6, 6.07) is 10.9. The Hall–Kier alpha value is -3.59. The fraction of sp³-hybridized carbons (Fsp3) is 0.485. The van der Waals surface area contributed by atoms with E-state index in [1.54, 1.807) is 17.1 Å². The van der Waals surface area contributed by atoms with Crippen LogP contribution in [0.2, 0.25) is 0 Å². The van der Waals surface area contributed by atoms with Gasteiger partial charge in [0.2, 0.25) is 11.8 Å². The maximum atomic E-state index is 14.5. The summed E-state index contributed by atoms with van der Waals surface area (Å²) in [5.41, 5.74) is 1.04. The summed E-state index contributed by atoms with van der Waals surface area (Å²) in [6.07, 6.45) is 10.2. The fourth-order valence-electron chi connectivity index (χ4n) is 5.75. The summed E-state index contributed by atoms with van der Waals surface area (Å²) in [6.45, 7) is 7.66. The lowest BCUT2D eigenvalue weighted by atomic mass is 9.87. The van der Waals surface area contributed by atoms with Crippen molar-refractivity contribution in [1.82, 2.24) is 20.2 Å². The largest absolute Gasteiger partial charge is 0.351 e. The minimum Gasteiger partial charge on any atom is -0.351 e. The third kappa shape index (κ3) is 7.43. The van der Waals surface area contributed by atoms with Crippen LogP contribution in [-0.4, -0.2) is 33.4 Å². The predicted molar refractivity (Wildman–Crippen MR) is 161 cm³/mol. The van der Waals surface area contributed by atoms with Crippen molar-refractivity contribution >= 4 is 17.6 Å². The van der Waals surface area contributed by atoms with E-state index in [1.165, 1.54) is 12.5 Å². The van der Waals surface area contributed by atoms with Gasteiger partial charge in [0.1, 0.15) is 23.2 Å². The van der Waals surface area contributed by atoms with E-state index in [-0.39, 0.29) is 23.9 Å². The second-order valence-corrected chi connectivity index (χ2v) is 11.5. The minimum atomic E-state index is -0.885. The van der Waals surface area contributed by atoms with E-state index in [0.717, 1.165) is 37.3 Å². The number of nitrogens with zero attached hydrogens (tertiary/aromatic N) is 2. The topological polar surface area (TPSA) is 88.1 Å². The minimum absolute atomic E-state index is 0.0804. The second-order valence-electron chi connectivity index (χ2n) is 11.5. The molecule has 2 aromatic carbocycles. The molecule has 2 aliphatic carbocycles. The van der Waals surface area contributed by atoms with Gasteiger partial charge in [-0.05, 0) is 68.7 Å². The number of imidazole rings is 1. The number of carbonyl (C=O) groups excluding carboxylic acids is 2. The molecule has 0 bridgehead atoms. The molecular formula is C33H43F2N5O2. The van der Waals surface area contributed by atoms with E-state index < -0.39 is 23.2 Å². The molecule has 3 aromatic rings. The Bertz CT molecular complexity index is 1350. The van der Waals surface area contributed by atoms with Gasteiger partial charge in [-0.15, -0.1) is 0 Å². The maximum absolute atomic E-state index is 14.5. The van der Waals surface area contributed by atoms with E-state index in [1.807, 2.05) is 58.0 Å². The molecule has 2 amide bonds. The number of anilines is 1. The van der Waals surface area contributed by atoms with Gasteiger partial charge in [-0.3, -0.25) is 14.9 Å². The van der Waals surface area contributed by atoms with Gasteiger partial charge in [0.15, 0.2) is 5.82 Å². The molecule has 9 heteroatoms. The van der Waals surface area contributed by atoms with Crippen molar-refractivity contribution in [2.45, 2.75) is 103 Å². The Kier molecular flexibility index (Phi) is 10.5. The van der Waals surface area contributed by atoms with Gasteiger partial charge in [0, 0.05) is 24.3 Å². The highest BCUT2D eigenvalue weighted by molar-refractivity contribution is 5.95. The fourth-order valence-corrected chi connectivity index (χ4v) is 5.75. The quantitative estimate of drug-likeness (QED) is 0.297. The number of fused-ring (bicyclic) bond motifs is 1. The Morgan fingerprint density at radius 2 is 1.71 bits per heavy atom. The third-order valence-electron chi connectivity index (χ3n) is 8.24. The zero-order valence-electron chi connectivity index (χ0n) is 25.1. The third-order valence-corrected chi connectivity index (χ3v) is 8.24. The highest BCUT2D eigenvalue weighted by Gasteiger charge is 2.33. The van der Waals surface area contributed by atoms with Gasteiger partial charge >= 0.3 is 0 Å². The van der Waals surface area contributed by atoms with Gasteiger partial charge in [-0.1, -0.05) is 63.4 Å². The molecule has 1 saturated carbocycles. The van der Waals surface area contributed by atoms with Crippen molar-refractivity contribution < 1.29 is 18.4 Å². The number of aromatic nitrogens is 2. The first-order valence-electron chi connectivity index (χ1n) is 15.1. The highest BCUT2D eigenvalue weighted by atomic mass is 19.1. The van der Waals surface area contributed by atoms with Crippen molar-refractivity contribution in [1.29, 1.82) is 0 Å². The molecule has 42 heavy (non-hydrogen) atoms. The number of aryl methyl sites for hydroxylation is 1. The Morgan fingerprint density at radius 3 is 2.43 bits per heavy atom. The van der Waals surface area contributed by atoms with Gasteiger partial charge in [-0.25, -0.2) is 13.8 Å². The molecule has 5 rings (SSSR count). The monoisotopic (exact) mass is 579 g/mol. The van der Waals surface area contributed by atoms with Crippen LogP contribution >= 0.6 is 0 Å². The number of carbonyl (C=O) groups is 2. The molecule has 1 fully saturated rings. The van der Waals surface area contributed by atoms with Crippen molar-refractivity contribution in [3.05, 3.63) is 83.3 Å². The molecule has 1 unspecified atom stereocenters. The first-order chi connectivity index (χ1) is 20.2. The molecule has 7 nitrogen and oxygen atoms in total. The SMILES string of the molecule is CC.CC(C)(C(=O)NC1CCCCC1)n1cnc(NC(=O)[C@@H](NC2CCc3cc(F)cc(F)c3C2)c2ccccc2)c1. The molecule has 3 N–H and O–H groups in total. The van der Waals surface area contributed by atoms with Crippen molar-refractivity contribution in [3.63, 3.8) is 0 Å². The number of benzene rings is 2. The highest BCUT2D eigenvalue weighted by Crippen LogP contribution is 2.28. The molecule has 0 radical (unpaired) electrons. The molecule has 0 spiro atoms. The van der Waals surface area contributed by atoms with Crippen molar-refractivity contribution in [2.24, 2.45) is 0 Å². The molecule has 2 atom stereocenters. The number of amides is 2. The Labute approximate surface area is 247 Å². The lowest BCUT2D eigenvalue weighted by Crippen LogP contribution is -2.48. The average molecular weight is 580 g/mol. The van der Waals surface area contributed by atoms with E-state index in [9.17, 15) is 18.4 Å². The van der Waals surface area contributed by atoms with Crippen LogP contribution in [0.4, 0.5) is 14.6 Å². The zero-order valence-corrected chi connectivity index (χ0v) is 25.1. The van der Waals surface area contributed by atoms with E-state index in [2.05, 4.69) is 20.9 Å². The molecular weight excluding hydrogens is 536 g/mol. The number of hydrogen-bond acceptors (Lipinski definition) is 4. The van der Waals surface area contributed by atoms with E-state index >= 15 is 0 Å². The number of hydrogen-bond donors (Lipinski definition) is 3. The average Bonchev–Trinajstić information content (AvgIpc) is 3.47. The maximum Gasteiger partial charge on any atom is 0.247 e. The number of nitrogens with one attached hydrogen (secondary N) is 3. The van der Waals surface area contributed by atoms with Crippen LogP contribution in [0.15, 0.2) is 55.0 Å². The molecule has 0 saturated heterocycles. The summed E-state index contributed by atoms with van der Waals surface area (Å²) in [7, 11) is 0. The van der Waals surface area contributed by atoms with Crippen molar-refractivity contribution in [3.8, 4) is 0 Å². The lowest BCUT2D eigenvalue weighted by Gasteiger charge is -2.30. The smallest absolute Gasteiger partial charge is 0.247 e. The lowest BCUT2D eigenvalue weighted by molar-refractivity contribution is -0.129. The molecule has 226 valence electrons. The van der Waals surface area contributed by atoms with Gasteiger partial charge in [0.25, 0.3) is 0 Å². The van der Waals surface area contributed by atoms with Gasteiger partial charge in [0.05, 0.1) is 6.33 Å². The Morgan fingerprint density at radius 1 is 1.00 bits per heavy atom. The molecule has 0 aliphatic heterocycles. The van der Waals surface area contributed by atoms with Gasteiger partial charge in [-0.2, -0.15) is 0 Å². The summed E-state index contributed by atoms with van der Waals surface area (Å²) in [5, 5.41) is 9.47. The molecule has 1 aromatic heterocycles. The van der Waals surface area contributed by atoms with Crippen LogP contribution < -0.4 is 16.0 Å². The Balaban J connectivity index is 0.00000198. The van der Waals surface area contributed by atoms with Crippen LogP contribution in [-0.2, 0) is 28.0 Å². The van der Waals surface area contributed by atoms with Crippen LogP contribution in [0.5, 0.6) is 0 Å². The first kappa shape index (κ1) is 31.3. The zero-order chi connectivity index (χ0) is 30.3. The summed E-state index contributed by atoms with van der Waals surface area (Å²) < 4.78 is 29.9. The standard InChI is InChI=1S/C31H37F2N5O2.C2H6/c1-31(2,30(40)36-23-11-7-4-8-12-23)38-18-27(34-19-38)37-29(39)28(20-9-5-3-6-10-20)35-24-14-13-21-15-22(32)16-26(33)25(21)17-24;1-2/h3,5-6,9-10,15-16,18-19,23-24,28,35H,4,7-8,11-14,17H2,1-2H3,(H,36,40)(H,37,39);1-2H3/t24?,28-;/m0./s1. The second kappa shape index (κ2) is 14.1. The summed E-state index contributed by atoms with van der Waals surface area (Å²) in [5.74, 6) is -1.18. The number of halogens is 2. The summed E-state index contributed by atoms with van der Waals surface area (Å²) >= 11 is 0. The van der Waals surface area contributed by atoms with E-state index in [0.29, 0.717) is 36.2 Å². The summed E-state index contributed by atoms with van der Waals surface area (Å²) in [4.78, 5) is 31.0. The normalized spacial score (nSPS) is 17.8. The van der Waals surface area contributed by atoms with Crippen LogP contribution in [0.1, 0.15) is 89.0 Å². The van der Waals surface area contributed by atoms with Crippen LogP contribution in [0.3, 0.4) is 0 Å². The van der Waals surface area contributed by atoms with E-state index in [4.69, 9.17) is 0 Å². The van der Waals surface area contributed by atoms with Crippen LogP contribution in [0, 0.1) is 11.6 Å². The number of rotatable bonds is 8. The first-order valence-corrected chi connectivity index (χ1v) is 15.1. The van der Waals surface area contributed by atoms with Crippen LogP contribution in [0.25, 0.3) is 0 Å². The molecule has 1 heterocycles. The molecule has 2 aliphatic rings. The van der Waals surface area contributed by atoms with Gasteiger partial charge < -0.3 is 15.2 Å². The van der Waals surface area contributed by atoms with Crippen molar-refractivity contribution in [2.75, 3.05) is 5.32 Å². The predicted octanol–water partition coefficient (Wildman–Crippen LogP) is 6.20.